The molecule has 0 aliphatic carbocycles. The number of nitrogens with one attached hydrogen (secondary N) is 1. The molecule has 0 atom stereocenters. The van der Waals surface area contributed by atoms with E-state index in [1.807, 2.05) is 33.0 Å². The minimum Gasteiger partial charge on any atom is -0.337 e. The molecular weight excluding hydrogens is 238 g/mol. The SMILES string of the molecule is CNC(C)(C)c1nc(-c2ccc(C(C)C)cc2)no1. The first-order valence-corrected chi connectivity index (χ1v) is 6.57. The molecule has 1 N–H and O–H groups in total. The van der Waals surface area contributed by atoms with Crippen molar-refractivity contribution in [3.05, 3.63) is 35.7 Å². The molecule has 0 unspecified atom stereocenters. The lowest BCUT2D eigenvalue weighted by molar-refractivity contribution is 0.281. The van der Waals surface area contributed by atoms with Gasteiger partial charge in [0.05, 0.1) is 5.54 Å². The van der Waals surface area contributed by atoms with Gasteiger partial charge in [0.1, 0.15) is 0 Å². The van der Waals surface area contributed by atoms with Gasteiger partial charge in [-0.2, -0.15) is 4.98 Å². The van der Waals surface area contributed by atoms with Crippen LogP contribution in [0, 0.1) is 0 Å². The summed E-state index contributed by atoms with van der Waals surface area (Å²) in [4.78, 5) is 4.46. The zero-order valence-electron chi connectivity index (χ0n) is 12.2. The van der Waals surface area contributed by atoms with E-state index in [0.29, 0.717) is 17.6 Å². The summed E-state index contributed by atoms with van der Waals surface area (Å²) in [6, 6.07) is 8.30. The molecule has 1 aromatic carbocycles. The fourth-order valence-electron chi connectivity index (χ4n) is 1.72. The molecule has 19 heavy (non-hydrogen) atoms. The van der Waals surface area contributed by atoms with Crippen LogP contribution in [0.15, 0.2) is 28.8 Å². The molecule has 102 valence electrons. The average molecular weight is 259 g/mol. The largest absolute Gasteiger partial charge is 0.337 e. The Morgan fingerprint density at radius 3 is 2.32 bits per heavy atom. The number of hydrogen-bond donors (Lipinski definition) is 1. The third-order valence-electron chi connectivity index (χ3n) is 3.42. The van der Waals surface area contributed by atoms with Gasteiger partial charge in [-0.25, -0.2) is 0 Å². The molecule has 0 aliphatic rings. The van der Waals surface area contributed by atoms with Crippen LogP contribution in [-0.2, 0) is 5.54 Å². The van der Waals surface area contributed by atoms with Gasteiger partial charge in [-0.3, -0.25) is 0 Å². The Balaban J connectivity index is 2.28. The van der Waals surface area contributed by atoms with Gasteiger partial charge in [0.25, 0.3) is 0 Å². The zero-order chi connectivity index (χ0) is 14.0. The summed E-state index contributed by atoms with van der Waals surface area (Å²) in [6.07, 6.45) is 0. The molecular formula is C15H21N3O. The van der Waals surface area contributed by atoms with E-state index in [4.69, 9.17) is 4.52 Å². The highest BCUT2D eigenvalue weighted by atomic mass is 16.5. The maximum atomic E-state index is 5.33. The van der Waals surface area contributed by atoms with Gasteiger partial charge in [-0.05, 0) is 32.4 Å². The first-order valence-electron chi connectivity index (χ1n) is 6.57. The Kier molecular flexibility index (Phi) is 3.71. The van der Waals surface area contributed by atoms with Crippen LogP contribution >= 0.6 is 0 Å². The Labute approximate surface area is 114 Å². The van der Waals surface area contributed by atoms with Gasteiger partial charge in [-0.1, -0.05) is 43.3 Å². The minimum absolute atomic E-state index is 0.316. The van der Waals surface area contributed by atoms with Crippen LogP contribution in [0.5, 0.6) is 0 Å². The lowest BCUT2D eigenvalue weighted by Gasteiger charge is -2.17. The fraction of sp³-hybridized carbons (Fsp3) is 0.467. The van der Waals surface area contributed by atoms with Crippen molar-refractivity contribution in [2.45, 2.75) is 39.2 Å². The van der Waals surface area contributed by atoms with Gasteiger partial charge >= 0.3 is 0 Å². The van der Waals surface area contributed by atoms with E-state index in [2.05, 4.69) is 41.4 Å². The maximum absolute atomic E-state index is 5.33. The van der Waals surface area contributed by atoms with Gasteiger partial charge < -0.3 is 9.84 Å². The fourth-order valence-corrected chi connectivity index (χ4v) is 1.72. The number of nitrogens with zero attached hydrogens (tertiary/aromatic N) is 2. The molecule has 2 rings (SSSR count). The summed E-state index contributed by atoms with van der Waals surface area (Å²) >= 11 is 0. The molecule has 0 saturated heterocycles. The summed E-state index contributed by atoms with van der Waals surface area (Å²) in [5.41, 5.74) is 1.97. The molecule has 0 aliphatic heterocycles. The molecule has 1 heterocycles. The molecule has 0 spiro atoms. The topological polar surface area (TPSA) is 51.0 Å². The van der Waals surface area contributed by atoms with E-state index >= 15 is 0 Å². The lowest BCUT2D eigenvalue weighted by atomic mass is 10.0. The van der Waals surface area contributed by atoms with Crippen molar-refractivity contribution in [2.75, 3.05) is 7.05 Å². The van der Waals surface area contributed by atoms with Crippen LogP contribution in [0.2, 0.25) is 0 Å². The van der Waals surface area contributed by atoms with Crippen LogP contribution < -0.4 is 5.32 Å². The molecule has 4 heteroatoms. The number of benzene rings is 1. The second kappa shape index (κ2) is 5.13. The van der Waals surface area contributed by atoms with Crippen molar-refractivity contribution >= 4 is 0 Å². The predicted molar refractivity (Wildman–Crippen MR) is 75.9 cm³/mol. The Morgan fingerprint density at radius 2 is 1.79 bits per heavy atom. The first-order chi connectivity index (χ1) is 8.94. The Bertz CT molecular complexity index is 541. The quantitative estimate of drug-likeness (QED) is 0.915. The predicted octanol–water partition coefficient (Wildman–Crippen LogP) is 3.31. The molecule has 0 radical (unpaired) electrons. The van der Waals surface area contributed by atoms with Crippen LogP contribution in [0.3, 0.4) is 0 Å². The maximum Gasteiger partial charge on any atom is 0.246 e. The van der Waals surface area contributed by atoms with E-state index in [1.54, 1.807) is 0 Å². The standard InChI is InChI=1S/C15H21N3O/c1-10(2)11-6-8-12(9-7-11)13-17-14(19-18-13)15(3,4)16-5/h6-10,16H,1-5H3. The van der Waals surface area contributed by atoms with Crippen LogP contribution in [0.1, 0.15) is 45.1 Å². The van der Waals surface area contributed by atoms with Gasteiger partial charge in [0.15, 0.2) is 0 Å². The first kappa shape index (κ1) is 13.7. The lowest BCUT2D eigenvalue weighted by Crippen LogP contribution is -2.33. The van der Waals surface area contributed by atoms with E-state index in [1.165, 1.54) is 5.56 Å². The van der Waals surface area contributed by atoms with Crippen molar-refractivity contribution in [1.82, 2.24) is 15.5 Å². The van der Waals surface area contributed by atoms with Crippen molar-refractivity contribution in [3.8, 4) is 11.4 Å². The van der Waals surface area contributed by atoms with Crippen molar-refractivity contribution in [2.24, 2.45) is 0 Å². The Hall–Kier alpha value is -1.68. The summed E-state index contributed by atoms with van der Waals surface area (Å²) in [7, 11) is 1.88. The molecule has 0 fully saturated rings. The second-order valence-electron chi connectivity index (χ2n) is 5.57. The van der Waals surface area contributed by atoms with Gasteiger partial charge in [0.2, 0.25) is 11.7 Å². The van der Waals surface area contributed by atoms with Crippen LogP contribution in [0.25, 0.3) is 11.4 Å². The van der Waals surface area contributed by atoms with Crippen molar-refractivity contribution < 1.29 is 4.52 Å². The molecule has 0 amide bonds. The van der Waals surface area contributed by atoms with Crippen LogP contribution in [-0.4, -0.2) is 17.2 Å². The number of hydrogen-bond acceptors (Lipinski definition) is 4. The molecule has 1 aromatic heterocycles. The van der Waals surface area contributed by atoms with E-state index in [0.717, 1.165) is 5.56 Å². The monoisotopic (exact) mass is 259 g/mol. The molecule has 2 aromatic rings. The van der Waals surface area contributed by atoms with E-state index < -0.39 is 0 Å². The normalized spacial score (nSPS) is 12.1. The second-order valence-corrected chi connectivity index (χ2v) is 5.57. The van der Waals surface area contributed by atoms with E-state index in [-0.39, 0.29) is 5.54 Å². The molecule has 4 nitrogen and oxygen atoms in total. The average Bonchev–Trinajstić information content (AvgIpc) is 2.89. The van der Waals surface area contributed by atoms with E-state index in [9.17, 15) is 0 Å². The highest BCUT2D eigenvalue weighted by molar-refractivity contribution is 5.54. The third-order valence-corrected chi connectivity index (χ3v) is 3.42. The van der Waals surface area contributed by atoms with Crippen molar-refractivity contribution in [3.63, 3.8) is 0 Å². The summed E-state index contributed by atoms with van der Waals surface area (Å²) in [6.45, 7) is 8.37. The minimum atomic E-state index is -0.316. The highest BCUT2D eigenvalue weighted by Crippen LogP contribution is 2.23. The Morgan fingerprint density at radius 1 is 1.16 bits per heavy atom. The highest BCUT2D eigenvalue weighted by Gasteiger charge is 2.25. The zero-order valence-corrected chi connectivity index (χ0v) is 12.2. The number of aromatic nitrogens is 2. The van der Waals surface area contributed by atoms with Gasteiger partial charge in [-0.15, -0.1) is 0 Å². The summed E-state index contributed by atoms with van der Waals surface area (Å²) in [5, 5.41) is 7.20. The number of rotatable bonds is 4. The third kappa shape index (κ3) is 2.84. The molecule has 0 saturated carbocycles. The smallest absolute Gasteiger partial charge is 0.246 e. The summed E-state index contributed by atoms with van der Waals surface area (Å²) < 4.78 is 5.33. The van der Waals surface area contributed by atoms with Gasteiger partial charge in [0, 0.05) is 5.56 Å². The molecule has 0 bridgehead atoms. The van der Waals surface area contributed by atoms with Crippen molar-refractivity contribution in [1.29, 1.82) is 0 Å². The summed E-state index contributed by atoms with van der Waals surface area (Å²) in [5.74, 6) is 1.75. The van der Waals surface area contributed by atoms with Crippen LogP contribution in [0.4, 0.5) is 0 Å².